The standard InChI is InChI=1S/C27H39N3O3/c1-19-6-7-22(17-28)16-23(19)26-10-13-29(24(31)33-25(3,4)5)15-12-27(26,32)20(2)30(14-11-26)18-21-8-9-21/h6-7,16,20-21,32H,8-15,18H2,1-5H3. The number of nitriles is 1. The second-order valence-corrected chi connectivity index (χ2v) is 11.5. The van der Waals surface area contributed by atoms with Crippen LogP contribution in [-0.4, -0.2) is 64.4 Å². The summed E-state index contributed by atoms with van der Waals surface area (Å²) >= 11 is 0. The Morgan fingerprint density at radius 1 is 1.21 bits per heavy atom. The molecule has 4 rings (SSSR count). The van der Waals surface area contributed by atoms with Crippen molar-refractivity contribution < 1.29 is 14.6 Å². The lowest BCUT2D eigenvalue weighted by molar-refractivity contribution is -0.136. The fraction of sp³-hybridized carbons (Fsp3) is 0.704. The second-order valence-electron chi connectivity index (χ2n) is 11.5. The van der Waals surface area contributed by atoms with Gasteiger partial charge in [-0.25, -0.2) is 4.79 Å². The number of rotatable bonds is 3. The van der Waals surface area contributed by atoms with Gasteiger partial charge in [-0.3, -0.25) is 4.90 Å². The van der Waals surface area contributed by atoms with E-state index < -0.39 is 16.6 Å². The van der Waals surface area contributed by atoms with Crippen LogP contribution in [0.15, 0.2) is 18.2 Å². The summed E-state index contributed by atoms with van der Waals surface area (Å²) in [6.07, 6.45) is 4.21. The molecule has 1 aliphatic carbocycles. The Morgan fingerprint density at radius 3 is 2.52 bits per heavy atom. The van der Waals surface area contributed by atoms with E-state index in [0.29, 0.717) is 31.5 Å². The summed E-state index contributed by atoms with van der Waals surface area (Å²) in [5.41, 5.74) is 0.704. The molecule has 180 valence electrons. The molecule has 1 N–H and O–H groups in total. The summed E-state index contributed by atoms with van der Waals surface area (Å²) in [5.74, 6) is 0.747. The van der Waals surface area contributed by atoms with Gasteiger partial charge in [0.1, 0.15) is 5.60 Å². The third kappa shape index (κ3) is 4.50. The van der Waals surface area contributed by atoms with Crippen molar-refractivity contribution in [2.45, 2.75) is 89.4 Å². The highest BCUT2D eigenvalue weighted by atomic mass is 16.6. The molecule has 3 unspecified atom stereocenters. The van der Waals surface area contributed by atoms with E-state index >= 15 is 0 Å². The molecule has 3 atom stereocenters. The summed E-state index contributed by atoms with van der Waals surface area (Å²) in [6.45, 7) is 12.8. The van der Waals surface area contributed by atoms with Crippen LogP contribution < -0.4 is 0 Å². The van der Waals surface area contributed by atoms with E-state index in [-0.39, 0.29) is 12.1 Å². The van der Waals surface area contributed by atoms with Gasteiger partial charge < -0.3 is 14.7 Å². The molecule has 1 aromatic carbocycles. The van der Waals surface area contributed by atoms with Crippen LogP contribution in [0.25, 0.3) is 0 Å². The van der Waals surface area contributed by atoms with E-state index in [1.54, 1.807) is 4.90 Å². The Labute approximate surface area is 198 Å². The maximum absolute atomic E-state index is 13.0. The number of piperidine rings is 1. The molecule has 2 aliphatic heterocycles. The Balaban J connectivity index is 1.74. The van der Waals surface area contributed by atoms with Crippen LogP contribution in [-0.2, 0) is 10.2 Å². The zero-order chi connectivity index (χ0) is 24.0. The lowest BCUT2D eigenvalue weighted by Gasteiger charge is -2.58. The largest absolute Gasteiger partial charge is 0.444 e. The number of hydrogen-bond donors (Lipinski definition) is 1. The molecule has 1 saturated carbocycles. The number of hydrogen-bond acceptors (Lipinski definition) is 5. The first-order valence-corrected chi connectivity index (χ1v) is 12.4. The molecule has 2 saturated heterocycles. The van der Waals surface area contributed by atoms with Gasteiger partial charge in [-0.1, -0.05) is 6.07 Å². The highest BCUT2D eigenvalue weighted by Gasteiger charge is 2.60. The Kier molecular flexibility index (Phi) is 6.26. The topological polar surface area (TPSA) is 76.8 Å². The fourth-order valence-corrected chi connectivity index (χ4v) is 6.08. The molecule has 3 fully saturated rings. The van der Waals surface area contributed by atoms with Gasteiger partial charge in [-0.2, -0.15) is 5.26 Å². The molecule has 1 amide bonds. The number of nitrogens with zero attached hydrogens (tertiary/aromatic N) is 3. The Bertz CT molecular complexity index is 945. The SMILES string of the molecule is Cc1ccc(C#N)cc1C12CCN(C(=O)OC(C)(C)C)CCC1(O)C(C)N(CC1CC1)CC2. The van der Waals surface area contributed by atoms with Crippen molar-refractivity contribution >= 4 is 6.09 Å². The number of benzene rings is 1. The van der Waals surface area contributed by atoms with Crippen LogP contribution in [0.1, 0.15) is 76.5 Å². The predicted octanol–water partition coefficient (Wildman–Crippen LogP) is 4.37. The molecule has 6 heteroatoms. The number of ether oxygens (including phenoxy) is 1. The quantitative estimate of drug-likeness (QED) is 0.735. The van der Waals surface area contributed by atoms with Gasteiger partial charge in [0.25, 0.3) is 0 Å². The third-order valence-corrected chi connectivity index (χ3v) is 8.19. The highest BCUT2D eigenvalue weighted by Crippen LogP contribution is 2.52. The first-order valence-electron chi connectivity index (χ1n) is 12.4. The van der Waals surface area contributed by atoms with Crippen LogP contribution in [0.2, 0.25) is 0 Å². The molecule has 0 spiro atoms. The van der Waals surface area contributed by atoms with Crippen molar-refractivity contribution in [3.63, 3.8) is 0 Å². The number of carbonyl (C=O) groups excluding carboxylic acids is 1. The molecule has 0 bridgehead atoms. The summed E-state index contributed by atoms with van der Waals surface area (Å²) < 4.78 is 5.68. The number of likely N-dealkylation sites (tertiary alicyclic amines) is 2. The molecular formula is C27H39N3O3. The number of amides is 1. The number of fused-ring (bicyclic) bond motifs is 1. The molecule has 0 radical (unpaired) electrons. The van der Waals surface area contributed by atoms with Crippen molar-refractivity contribution in [2.75, 3.05) is 26.2 Å². The first-order chi connectivity index (χ1) is 15.5. The molecule has 3 aliphatic rings. The van der Waals surface area contributed by atoms with E-state index in [9.17, 15) is 15.2 Å². The summed E-state index contributed by atoms with van der Waals surface area (Å²) in [4.78, 5) is 17.2. The third-order valence-electron chi connectivity index (χ3n) is 8.19. The van der Waals surface area contributed by atoms with Crippen molar-refractivity contribution in [3.8, 4) is 6.07 Å². The number of aryl methyl sites for hydroxylation is 1. The van der Waals surface area contributed by atoms with Crippen LogP contribution in [0.3, 0.4) is 0 Å². The summed E-state index contributed by atoms with van der Waals surface area (Å²) in [5, 5.41) is 22.2. The molecule has 33 heavy (non-hydrogen) atoms. The number of aliphatic hydroxyl groups is 1. The fourth-order valence-electron chi connectivity index (χ4n) is 6.08. The first kappa shape index (κ1) is 24.0. The Hall–Kier alpha value is -2.10. The van der Waals surface area contributed by atoms with Gasteiger partial charge in [-0.15, -0.1) is 0 Å². The van der Waals surface area contributed by atoms with Crippen molar-refractivity contribution in [2.24, 2.45) is 5.92 Å². The summed E-state index contributed by atoms with van der Waals surface area (Å²) in [6, 6.07) is 8.08. The van der Waals surface area contributed by atoms with Crippen LogP contribution in [0, 0.1) is 24.2 Å². The molecular weight excluding hydrogens is 414 g/mol. The normalized spacial score (nSPS) is 30.8. The van der Waals surface area contributed by atoms with E-state index in [2.05, 4.69) is 24.8 Å². The predicted molar refractivity (Wildman–Crippen MR) is 128 cm³/mol. The maximum Gasteiger partial charge on any atom is 0.410 e. The van der Waals surface area contributed by atoms with Gasteiger partial charge in [0.2, 0.25) is 0 Å². The molecule has 0 aromatic heterocycles. The maximum atomic E-state index is 13.0. The minimum atomic E-state index is -1.00. The van der Waals surface area contributed by atoms with Crippen molar-refractivity contribution in [1.82, 2.24) is 9.80 Å². The zero-order valence-corrected chi connectivity index (χ0v) is 20.9. The summed E-state index contributed by atoms with van der Waals surface area (Å²) in [7, 11) is 0. The van der Waals surface area contributed by atoms with Gasteiger partial charge >= 0.3 is 6.09 Å². The van der Waals surface area contributed by atoms with Crippen molar-refractivity contribution in [1.29, 1.82) is 5.26 Å². The van der Waals surface area contributed by atoms with E-state index in [1.807, 2.05) is 39.0 Å². The van der Waals surface area contributed by atoms with Crippen molar-refractivity contribution in [3.05, 3.63) is 34.9 Å². The zero-order valence-electron chi connectivity index (χ0n) is 20.9. The molecule has 1 aromatic rings. The van der Waals surface area contributed by atoms with Crippen LogP contribution in [0.5, 0.6) is 0 Å². The minimum Gasteiger partial charge on any atom is -0.444 e. The average Bonchev–Trinajstić information content (AvgIpc) is 3.57. The minimum absolute atomic E-state index is 0.0319. The Morgan fingerprint density at radius 2 is 1.88 bits per heavy atom. The van der Waals surface area contributed by atoms with Gasteiger partial charge in [0.15, 0.2) is 0 Å². The van der Waals surface area contributed by atoms with Crippen LogP contribution in [0.4, 0.5) is 4.79 Å². The highest BCUT2D eigenvalue weighted by molar-refractivity contribution is 5.68. The van der Waals surface area contributed by atoms with Gasteiger partial charge in [-0.05, 0) is 102 Å². The molecule has 6 nitrogen and oxygen atoms in total. The van der Waals surface area contributed by atoms with E-state index in [4.69, 9.17) is 4.74 Å². The van der Waals surface area contributed by atoms with E-state index in [0.717, 1.165) is 36.6 Å². The smallest absolute Gasteiger partial charge is 0.410 e. The van der Waals surface area contributed by atoms with Crippen LogP contribution >= 0.6 is 0 Å². The lowest BCUT2D eigenvalue weighted by Crippen LogP contribution is -2.68. The lowest BCUT2D eigenvalue weighted by atomic mass is 9.57. The van der Waals surface area contributed by atoms with Gasteiger partial charge in [0, 0.05) is 31.1 Å². The molecule has 2 heterocycles. The monoisotopic (exact) mass is 453 g/mol. The second kappa shape index (κ2) is 8.60. The van der Waals surface area contributed by atoms with E-state index in [1.165, 1.54) is 12.8 Å². The number of carbonyl (C=O) groups is 1. The average molecular weight is 454 g/mol. The van der Waals surface area contributed by atoms with Gasteiger partial charge in [0.05, 0.1) is 17.2 Å².